The van der Waals surface area contributed by atoms with Crippen molar-refractivity contribution in [2.75, 3.05) is 13.7 Å². The number of benzene rings is 1. The number of hydrogen-bond acceptors (Lipinski definition) is 2. The van der Waals surface area contributed by atoms with Gasteiger partial charge < -0.3 is 10.1 Å². The molecule has 0 radical (unpaired) electrons. The number of rotatable bonds is 6. The highest BCUT2D eigenvalue weighted by Crippen LogP contribution is 2.25. The van der Waals surface area contributed by atoms with Crippen LogP contribution in [0.25, 0.3) is 0 Å². The Morgan fingerprint density at radius 2 is 2.17 bits per heavy atom. The first-order chi connectivity index (χ1) is 8.72. The van der Waals surface area contributed by atoms with Crippen LogP contribution in [0.4, 0.5) is 0 Å². The number of hydrogen-bond donors (Lipinski definition) is 1. The zero-order valence-electron chi connectivity index (χ0n) is 11.8. The lowest BCUT2D eigenvalue weighted by Crippen LogP contribution is -2.20. The highest BCUT2D eigenvalue weighted by atomic mass is 16.5. The Labute approximate surface area is 111 Å². The van der Waals surface area contributed by atoms with E-state index in [0.717, 1.165) is 25.1 Å². The molecule has 0 saturated carbocycles. The molecule has 0 spiro atoms. The van der Waals surface area contributed by atoms with E-state index >= 15 is 0 Å². The molecule has 0 amide bonds. The van der Waals surface area contributed by atoms with Crippen molar-refractivity contribution < 1.29 is 4.74 Å². The maximum Gasteiger partial charge on any atom is 0.122 e. The highest BCUT2D eigenvalue weighted by Gasteiger charge is 2.11. The first kappa shape index (κ1) is 14.6. The van der Waals surface area contributed by atoms with Gasteiger partial charge in [-0.1, -0.05) is 19.1 Å². The lowest BCUT2D eigenvalue weighted by Gasteiger charge is -2.18. The fourth-order valence-electron chi connectivity index (χ4n) is 2.03. The van der Waals surface area contributed by atoms with Gasteiger partial charge in [-0.05, 0) is 44.0 Å². The summed E-state index contributed by atoms with van der Waals surface area (Å²) >= 11 is 0. The van der Waals surface area contributed by atoms with E-state index in [2.05, 4.69) is 49.2 Å². The third-order valence-electron chi connectivity index (χ3n) is 3.02. The van der Waals surface area contributed by atoms with Gasteiger partial charge in [0, 0.05) is 12.5 Å². The maximum atomic E-state index is 5.38. The predicted octanol–water partition coefficient (Wildman–Crippen LogP) is 3.46. The minimum atomic E-state index is 0.352. The van der Waals surface area contributed by atoms with E-state index in [1.807, 2.05) is 6.92 Å². The van der Waals surface area contributed by atoms with Crippen LogP contribution in [-0.4, -0.2) is 13.7 Å². The van der Waals surface area contributed by atoms with E-state index in [1.165, 1.54) is 11.1 Å². The minimum absolute atomic E-state index is 0.352. The molecule has 0 heterocycles. The van der Waals surface area contributed by atoms with Gasteiger partial charge in [0.25, 0.3) is 0 Å². The molecule has 0 aliphatic carbocycles. The molecule has 0 aliphatic rings. The molecule has 1 aromatic rings. The quantitative estimate of drug-likeness (QED) is 0.775. The van der Waals surface area contributed by atoms with Gasteiger partial charge in [0.2, 0.25) is 0 Å². The Kier molecular flexibility index (Phi) is 6.32. The molecule has 0 fully saturated rings. The molecule has 1 atom stereocenters. The predicted molar refractivity (Wildman–Crippen MR) is 76.8 cm³/mol. The van der Waals surface area contributed by atoms with Crippen LogP contribution >= 0.6 is 0 Å². The summed E-state index contributed by atoms with van der Waals surface area (Å²) in [5, 5.41) is 3.51. The smallest absolute Gasteiger partial charge is 0.122 e. The second-order valence-electron chi connectivity index (χ2n) is 4.30. The number of methoxy groups -OCH3 is 1. The number of ether oxygens (including phenoxy) is 1. The number of nitrogens with one attached hydrogen (secondary N) is 1. The summed E-state index contributed by atoms with van der Waals surface area (Å²) in [4.78, 5) is 0. The van der Waals surface area contributed by atoms with E-state index in [9.17, 15) is 0 Å². The molecule has 1 aromatic carbocycles. The molecular formula is C16H23NO. The zero-order valence-corrected chi connectivity index (χ0v) is 11.8. The lowest BCUT2D eigenvalue weighted by molar-refractivity contribution is 0.409. The third-order valence-corrected chi connectivity index (χ3v) is 3.02. The lowest BCUT2D eigenvalue weighted by atomic mass is 10.00. The van der Waals surface area contributed by atoms with E-state index < -0.39 is 0 Å². The van der Waals surface area contributed by atoms with Crippen molar-refractivity contribution in [2.45, 2.75) is 39.7 Å². The van der Waals surface area contributed by atoms with Crippen LogP contribution < -0.4 is 10.1 Å². The average molecular weight is 245 g/mol. The topological polar surface area (TPSA) is 21.3 Å². The minimum Gasteiger partial charge on any atom is -0.496 e. The third kappa shape index (κ3) is 4.09. The SMILES string of the molecule is CC#CCCC(NCC)c1ccc(C)c(OC)c1. The van der Waals surface area contributed by atoms with E-state index in [1.54, 1.807) is 7.11 Å². The van der Waals surface area contributed by atoms with Crippen molar-refractivity contribution in [2.24, 2.45) is 0 Å². The Balaban J connectivity index is 2.85. The first-order valence-electron chi connectivity index (χ1n) is 6.50. The Bertz CT molecular complexity index is 428. The average Bonchev–Trinajstić information content (AvgIpc) is 2.39. The van der Waals surface area contributed by atoms with Gasteiger partial charge in [0.15, 0.2) is 0 Å². The van der Waals surface area contributed by atoms with Crippen LogP contribution in [0.5, 0.6) is 5.75 Å². The van der Waals surface area contributed by atoms with Gasteiger partial charge in [-0.2, -0.15) is 0 Å². The maximum absolute atomic E-state index is 5.38. The monoisotopic (exact) mass is 245 g/mol. The largest absolute Gasteiger partial charge is 0.496 e. The van der Waals surface area contributed by atoms with Crippen molar-refractivity contribution in [1.82, 2.24) is 5.32 Å². The molecule has 0 saturated heterocycles. The van der Waals surface area contributed by atoms with Crippen molar-refractivity contribution in [1.29, 1.82) is 0 Å². The molecule has 1 N–H and O–H groups in total. The summed E-state index contributed by atoms with van der Waals surface area (Å²) in [6.07, 6.45) is 1.95. The summed E-state index contributed by atoms with van der Waals surface area (Å²) in [6, 6.07) is 6.77. The van der Waals surface area contributed by atoms with Gasteiger partial charge in [-0.15, -0.1) is 11.8 Å². The van der Waals surface area contributed by atoms with Crippen LogP contribution in [0.1, 0.15) is 43.9 Å². The Morgan fingerprint density at radius 3 is 2.78 bits per heavy atom. The van der Waals surface area contributed by atoms with Crippen molar-refractivity contribution >= 4 is 0 Å². The number of aryl methyl sites for hydroxylation is 1. The molecule has 0 bridgehead atoms. The first-order valence-corrected chi connectivity index (χ1v) is 6.50. The fraction of sp³-hybridized carbons (Fsp3) is 0.500. The van der Waals surface area contributed by atoms with Crippen LogP contribution in [0.2, 0.25) is 0 Å². The van der Waals surface area contributed by atoms with Crippen molar-refractivity contribution in [3.8, 4) is 17.6 Å². The van der Waals surface area contributed by atoms with Gasteiger partial charge in [0.05, 0.1) is 7.11 Å². The Morgan fingerprint density at radius 1 is 1.39 bits per heavy atom. The van der Waals surface area contributed by atoms with E-state index in [0.29, 0.717) is 6.04 Å². The molecule has 98 valence electrons. The molecule has 2 heteroatoms. The fourth-order valence-corrected chi connectivity index (χ4v) is 2.03. The summed E-state index contributed by atoms with van der Waals surface area (Å²) in [5.74, 6) is 7.03. The molecule has 0 aromatic heterocycles. The van der Waals surface area contributed by atoms with Crippen LogP contribution in [0.3, 0.4) is 0 Å². The molecular weight excluding hydrogens is 222 g/mol. The zero-order chi connectivity index (χ0) is 13.4. The van der Waals surface area contributed by atoms with Gasteiger partial charge >= 0.3 is 0 Å². The van der Waals surface area contributed by atoms with Crippen molar-refractivity contribution in [3.05, 3.63) is 29.3 Å². The highest BCUT2D eigenvalue weighted by molar-refractivity contribution is 5.37. The van der Waals surface area contributed by atoms with Crippen LogP contribution in [0, 0.1) is 18.8 Å². The van der Waals surface area contributed by atoms with Crippen molar-refractivity contribution in [3.63, 3.8) is 0 Å². The summed E-state index contributed by atoms with van der Waals surface area (Å²) in [5.41, 5.74) is 2.45. The molecule has 0 aliphatic heterocycles. The van der Waals surface area contributed by atoms with Gasteiger partial charge in [-0.3, -0.25) is 0 Å². The molecule has 2 nitrogen and oxygen atoms in total. The molecule has 1 unspecified atom stereocenters. The summed E-state index contributed by atoms with van der Waals surface area (Å²) in [7, 11) is 1.72. The standard InChI is InChI=1S/C16H23NO/c1-5-7-8-9-15(17-6-2)14-11-10-13(3)16(12-14)18-4/h10-12,15,17H,6,8-9H2,1-4H3. The van der Waals surface area contributed by atoms with E-state index in [-0.39, 0.29) is 0 Å². The Hall–Kier alpha value is -1.46. The summed E-state index contributed by atoms with van der Waals surface area (Å²) in [6.45, 7) is 7.04. The second-order valence-corrected chi connectivity index (χ2v) is 4.30. The van der Waals surface area contributed by atoms with E-state index in [4.69, 9.17) is 4.74 Å². The van der Waals surface area contributed by atoms with Crippen LogP contribution in [-0.2, 0) is 0 Å². The summed E-state index contributed by atoms with van der Waals surface area (Å²) < 4.78 is 5.38. The molecule has 1 rings (SSSR count). The van der Waals surface area contributed by atoms with Gasteiger partial charge in [-0.25, -0.2) is 0 Å². The molecule has 18 heavy (non-hydrogen) atoms. The van der Waals surface area contributed by atoms with Crippen LogP contribution in [0.15, 0.2) is 18.2 Å². The second kappa shape index (κ2) is 7.79. The van der Waals surface area contributed by atoms with Gasteiger partial charge in [0.1, 0.15) is 5.75 Å². The normalized spacial score (nSPS) is 11.6.